The molecule has 0 radical (unpaired) electrons. The van der Waals surface area contributed by atoms with E-state index in [1.807, 2.05) is 31.2 Å². The van der Waals surface area contributed by atoms with Crippen LogP contribution in [0.4, 0.5) is 0 Å². The Balaban J connectivity index is 1.68. The van der Waals surface area contributed by atoms with Gasteiger partial charge in [-0.3, -0.25) is 4.79 Å². The summed E-state index contributed by atoms with van der Waals surface area (Å²) in [6.07, 6.45) is 5.67. The predicted octanol–water partition coefficient (Wildman–Crippen LogP) is 1.52. The molecule has 0 atom stereocenters. The summed E-state index contributed by atoms with van der Waals surface area (Å²) in [6.45, 7) is 2.55. The maximum absolute atomic E-state index is 11.6. The van der Waals surface area contributed by atoms with Gasteiger partial charge in [-0.15, -0.1) is 0 Å². The molecule has 1 N–H and O–H groups in total. The fourth-order valence-electron chi connectivity index (χ4n) is 1.71. The Morgan fingerprint density at radius 2 is 2.10 bits per heavy atom. The number of rotatable bonds is 6. The minimum absolute atomic E-state index is 0.0226. The van der Waals surface area contributed by atoms with Gasteiger partial charge in [-0.05, 0) is 36.6 Å². The zero-order chi connectivity index (χ0) is 14.2. The molecule has 1 aromatic heterocycles. The zero-order valence-corrected chi connectivity index (χ0v) is 11.4. The first-order valence-corrected chi connectivity index (χ1v) is 6.44. The third kappa shape index (κ3) is 4.68. The van der Waals surface area contributed by atoms with Gasteiger partial charge >= 0.3 is 0 Å². The number of ether oxygens (including phenoxy) is 1. The van der Waals surface area contributed by atoms with Crippen molar-refractivity contribution in [2.24, 2.45) is 0 Å². The Morgan fingerprint density at radius 1 is 1.30 bits per heavy atom. The molecule has 0 bridgehead atoms. The van der Waals surface area contributed by atoms with Crippen LogP contribution in [0.25, 0.3) is 0 Å². The number of benzene rings is 1. The van der Waals surface area contributed by atoms with Gasteiger partial charge in [0.15, 0.2) is 6.61 Å². The van der Waals surface area contributed by atoms with Crippen molar-refractivity contribution in [2.45, 2.75) is 13.3 Å². The number of aromatic nitrogens is 2. The number of hydrogen-bond acceptors (Lipinski definition) is 4. The van der Waals surface area contributed by atoms with Gasteiger partial charge < -0.3 is 10.1 Å². The molecule has 0 saturated carbocycles. The topological polar surface area (TPSA) is 64.1 Å². The van der Waals surface area contributed by atoms with E-state index in [2.05, 4.69) is 15.3 Å². The molecule has 0 saturated heterocycles. The molecule has 104 valence electrons. The van der Waals surface area contributed by atoms with Crippen molar-refractivity contribution in [1.82, 2.24) is 15.3 Å². The lowest BCUT2D eigenvalue weighted by Crippen LogP contribution is -2.30. The van der Waals surface area contributed by atoms with Crippen molar-refractivity contribution in [2.75, 3.05) is 13.2 Å². The highest BCUT2D eigenvalue weighted by Crippen LogP contribution is 2.11. The van der Waals surface area contributed by atoms with Gasteiger partial charge in [0.1, 0.15) is 12.1 Å². The molecule has 0 aliphatic heterocycles. The fraction of sp³-hybridized carbons (Fsp3) is 0.267. The Morgan fingerprint density at radius 3 is 2.85 bits per heavy atom. The van der Waals surface area contributed by atoms with Crippen LogP contribution in [-0.2, 0) is 11.2 Å². The lowest BCUT2D eigenvalue weighted by Gasteiger charge is -2.07. The Bertz CT molecular complexity index is 558. The molecule has 1 heterocycles. The van der Waals surface area contributed by atoms with E-state index < -0.39 is 0 Å². The molecule has 0 unspecified atom stereocenters. The summed E-state index contributed by atoms with van der Waals surface area (Å²) in [5.41, 5.74) is 2.10. The van der Waals surface area contributed by atoms with E-state index in [4.69, 9.17) is 4.74 Å². The quantitative estimate of drug-likeness (QED) is 0.865. The second-order valence-corrected chi connectivity index (χ2v) is 4.45. The van der Waals surface area contributed by atoms with Crippen LogP contribution in [0, 0.1) is 6.92 Å². The Labute approximate surface area is 118 Å². The number of hydrogen-bond donors (Lipinski definition) is 1. The van der Waals surface area contributed by atoms with Gasteiger partial charge in [0.25, 0.3) is 5.91 Å². The molecule has 2 rings (SSSR count). The fourth-order valence-corrected chi connectivity index (χ4v) is 1.71. The number of amides is 1. The van der Waals surface area contributed by atoms with Gasteiger partial charge in [-0.25, -0.2) is 9.97 Å². The molecule has 1 amide bonds. The zero-order valence-electron chi connectivity index (χ0n) is 11.4. The second kappa shape index (κ2) is 7.23. The van der Waals surface area contributed by atoms with Crippen LogP contribution in [0.5, 0.6) is 5.75 Å². The third-order valence-corrected chi connectivity index (χ3v) is 2.71. The normalized spacial score (nSPS) is 10.1. The molecule has 1 aromatic carbocycles. The highest BCUT2D eigenvalue weighted by atomic mass is 16.5. The van der Waals surface area contributed by atoms with E-state index in [-0.39, 0.29) is 12.5 Å². The van der Waals surface area contributed by atoms with E-state index in [1.165, 1.54) is 6.33 Å². The molecule has 0 fully saturated rings. The molecule has 5 heteroatoms. The summed E-state index contributed by atoms with van der Waals surface area (Å²) in [4.78, 5) is 19.5. The summed E-state index contributed by atoms with van der Waals surface area (Å²) in [6, 6.07) is 7.61. The second-order valence-electron chi connectivity index (χ2n) is 4.45. The van der Waals surface area contributed by atoms with E-state index in [0.29, 0.717) is 18.7 Å². The van der Waals surface area contributed by atoms with Crippen LogP contribution in [0.15, 0.2) is 43.0 Å². The lowest BCUT2D eigenvalue weighted by molar-refractivity contribution is -0.123. The number of carbonyl (C=O) groups is 1. The van der Waals surface area contributed by atoms with Gasteiger partial charge in [0.05, 0.1) is 0 Å². The Hall–Kier alpha value is -2.43. The highest BCUT2D eigenvalue weighted by molar-refractivity contribution is 5.77. The first-order chi connectivity index (χ1) is 9.74. The van der Waals surface area contributed by atoms with Gasteiger partial charge in [-0.1, -0.05) is 12.1 Å². The van der Waals surface area contributed by atoms with Crippen LogP contribution in [0.3, 0.4) is 0 Å². The van der Waals surface area contributed by atoms with Crippen molar-refractivity contribution < 1.29 is 9.53 Å². The number of nitrogens with one attached hydrogen (secondary N) is 1. The van der Waals surface area contributed by atoms with Crippen molar-refractivity contribution in [3.8, 4) is 5.75 Å². The monoisotopic (exact) mass is 271 g/mol. The van der Waals surface area contributed by atoms with Gasteiger partial charge in [0, 0.05) is 18.9 Å². The average molecular weight is 271 g/mol. The summed E-state index contributed by atoms with van der Waals surface area (Å²) < 4.78 is 5.41. The van der Waals surface area contributed by atoms with E-state index in [9.17, 15) is 4.79 Å². The van der Waals surface area contributed by atoms with Crippen LogP contribution in [0.1, 0.15) is 11.1 Å². The number of aryl methyl sites for hydroxylation is 1. The summed E-state index contributed by atoms with van der Waals surface area (Å²) >= 11 is 0. The van der Waals surface area contributed by atoms with Crippen molar-refractivity contribution in [3.63, 3.8) is 0 Å². The predicted molar refractivity (Wildman–Crippen MR) is 75.4 cm³/mol. The van der Waals surface area contributed by atoms with E-state index >= 15 is 0 Å². The highest BCUT2D eigenvalue weighted by Gasteiger charge is 2.02. The minimum atomic E-state index is -0.136. The molecule has 2 aromatic rings. The Kier molecular flexibility index (Phi) is 5.06. The first kappa shape index (κ1) is 14.0. The smallest absolute Gasteiger partial charge is 0.257 e. The van der Waals surface area contributed by atoms with Crippen molar-refractivity contribution in [3.05, 3.63) is 54.1 Å². The molecule has 20 heavy (non-hydrogen) atoms. The van der Waals surface area contributed by atoms with Gasteiger partial charge in [0.2, 0.25) is 0 Å². The maximum atomic E-state index is 11.6. The summed E-state index contributed by atoms with van der Waals surface area (Å²) in [5.74, 6) is 0.569. The van der Waals surface area contributed by atoms with Gasteiger partial charge in [-0.2, -0.15) is 0 Å². The third-order valence-electron chi connectivity index (χ3n) is 2.71. The van der Waals surface area contributed by atoms with E-state index in [0.717, 1.165) is 11.1 Å². The molecule has 0 aliphatic carbocycles. The largest absolute Gasteiger partial charge is 0.484 e. The van der Waals surface area contributed by atoms with Crippen LogP contribution < -0.4 is 10.1 Å². The van der Waals surface area contributed by atoms with Crippen LogP contribution in [-0.4, -0.2) is 29.0 Å². The molecular formula is C15H17N3O2. The SMILES string of the molecule is Cc1cccc(OCC(=O)NCCc2cncnc2)c1. The maximum Gasteiger partial charge on any atom is 0.257 e. The summed E-state index contributed by atoms with van der Waals surface area (Å²) in [5, 5.41) is 2.80. The van der Waals surface area contributed by atoms with Crippen LogP contribution in [0.2, 0.25) is 0 Å². The number of carbonyl (C=O) groups excluding carboxylic acids is 1. The van der Waals surface area contributed by atoms with Crippen molar-refractivity contribution in [1.29, 1.82) is 0 Å². The van der Waals surface area contributed by atoms with Crippen molar-refractivity contribution >= 4 is 5.91 Å². The molecule has 5 nitrogen and oxygen atoms in total. The first-order valence-electron chi connectivity index (χ1n) is 6.44. The summed E-state index contributed by atoms with van der Waals surface area (Å²) in [7, 11) is 0. The van der Waals surface area contributed by atoms with Crippen LogP contribution >= 0.6 is 0 Å². The average Bonchev–Trinajstić information content (AvgIpc) is 2.46. The number of nitrogens with zero attached hydrogens (tertiary/aromatic N) is 2. The van der Waals surface area contributed by atoms with E-state index in [1.54, 1.807) is 12.4 Å². The molecule has 0 spiro atoms. The minimum Gasteiger partial charge on any atom is -0.484 e. The molecule has 0 aliphatic rings. The standard InChI is InChI=1S/C15H17N3O2/c1-12-3-2-4-14(7-12)20-10-15(19)18-6-5-13-8-16-11-17-9-13/h2-4,7-9,11H,5-6,10H2,1H3,(H,18,19). The molecular weight excluding hydrogens is 254 g/mol. The lowest BCUT2D eigenvalue weighted by atomic mass is 10.2.